The average Bonchev–Trinajstić information content (AvgIpc) is 2.71. The molecule has 1 aromatic rings. The fourth-order valence-electron chi connectivity index (χ4n) is 2.01. The lowest BCUT2D eigenvalue weighted by Gasteiger charge is -2.05. The maximum Gasteiger partial charge on any atom is 0.231 e. The molecule has 1 aromatic carbocycles. The molecule has 1 saturated heterocycles. The number of hydrogen-bond acceptors (Lipinski definition) is 3. The predicted octanol–water partition coefficient (Wildman–Crippen LogP) is 2.25. The van der Waals surface area contributed by atoms with Gasteiger partial charge < -0.3 is 14.2 Å². The van der Waals surface area contributed by atoms with E-state index in [4.69, 9.17) is 20.6 Å². The van der Waals surface area contributed by atoms with Gasteiger partial charge in [-0.25, -0.2) is 0 Å². The number of benzene rings is 1. The number of hydrogen-bond donors (Lipinski definition) is 0. The minimum absolute atomic E-state index is 0.0630. The summed E-state index contributed by atoms with van der Waals surface area (Å²) in [7, 11) is 0. The molecule has 0 spiro atoms. The van der Waals surface area contributed by atoms with Crippen LogP contribution in [0.5, 0.6) is 11.5 Å². The maximum absolute atomic E-state index is 5.60. The van der Waals surface area contributed by atoms with Crippen molar-refractivity contribution in [1.29, 1.82) is 0 Å². The molecule has 3 nitrogen and oxygen atoms in total. The first kappa shape index (κ1) is 9.56. The normalized spacial score (nSPS) is 23.9. The maximum atomic E-state index is 5.60. The second kappa shape index (κ2) is 2.93. The second-order valence-corrected chi connectivity index (χ2v) is 4.54. The molecular formula is C13H12O3. The number of fused-ring (bicyclic) bond motifs is 1. The van der Waals surface area contributed by atoms with E-state index in [0.29, 0.717) is 0 Å². The minimum atomic E-state index is -0.126. The molecule has 2 aliphatic rings. The van der Waals surface area contributed by atoms with Gasteiger partial charge in [-0.3, -0.25) is 0 Å². The summed E-state index contributed by atoms with van der Waals surface area (Å²) in [5.41, 5.74) is 1.70. The summed E-state index contributed by atoms with van der Waals surface area (Å²) in [5.74, 6) is 4.14. The van der Waals surface area contributed by atoms with Gasteiger partial charge in [-0.05, 0) is 19.9 Å². The largest absolute Gasteiger partial charge is 0.454 e. The Morgan fingerprint density at radius 1 is 1.31 bits per heavy atom. The third-order valence-electron chi connectivity index (χ3n) is 2.98. The molecule has 3 rings (SSSR count). The van der Waals surface area contributed by atoms with Crippen LogP contribution >= 0.6 is 0 Å². The molecule has 1 unspecified atom stereocenters. The lowest BCUT2D eigenvalue weighted by atomic mass is 9.97. The van der Waals surface area contributed by atoms with Crippen molar-refractivity contribution in [3.8, 4) is 23.8 Å². The van der Waals surface area contributed by atoms with Crippen LogP contribution in [-0.4, -0.2) is 12.4 Å². The molecule has 1 fully saturated rings. The van der Waals surface area contributed by atoms with Crippen LogP contribution in [-0.2, 0) is 4.74 Å². The summed E-state index contributed by atoms with van der Waals surface area (Å²) in [4.78, 5) is 0. The third-order valence-corrected chi connectivity index (χ3v) is 2.98. The summed E-state index contributed by atoms with van der Waals surface area (Å²) < 4.78 is 16.2. The molecule has 0 saturated carbocycles. The highest BCUT2D eigenvalue weighted by atomic mass is 16.7. The molecule has 0 bridgehead atoms. The Morgan fingerprint density at radius 3 is 2.50 bits per heavy atom. The van der Waals surface area contributed by atoms with E-state index in [2.05, 4.69) is 5.92 Å². The zero-order valence-corrected chi connectivity index (χ0v) is 9.24. The van der Waals surface area contributed by atoms with Gasteiger partial charge in [0.25, 0.3) is 0 Å². The number of terminal acetylenes is 1. The molecule has 2 heterocycles. The smallest absolute Gasteiger partial charge is 0.231 e. The van der Waals surface area contributed by atoms with Gasteiger partial charge in [-0.2, -0.15) is 0 Å². The van der Waals surface area contributed by atoms with Crippen LogP contribution in [0.15, 0.2) is 12.1 Å². The summed E-state index contributed by atoms with van der Waals surface area (Å²) in [6.07, 6.45) is 5.56. The first-order chi connectivity index (χ1) is 7.62. The van der Waals surface area contributed by atoms with E-state index in [1.54, 1.807) is 0 Å². The van der Waals surface area contributed by atoms with E-state index in [0.717, 1.165) is 22.6 Å². The molecule has 82 valence electrons. The highest BCUT2D eigenvalue weighted by Gasteiger charge is 2.50. The molecule has 0 aromatic heterocycles. The molecular weight excluding hydrogens is 204 g/mol. The van der Waals surface area contributed by atoms with Gasteiger partial charge in [0, 0.05) is 17.2 Å². The third kappa shape index (κ3) is 1.27. The van der Waals surface area contributed by atoms with Crippen LogP contribution in [0.4, 0.5) is 0 Å². The Balaban J connectivity index is 2.08. The van der Waals surface area contributed by atoms with Gasteiger partial charge in [-0.1, -0.05) is 5.92 Å². The Hall–Kier alpha value is -1.66. The predicted molar refractivity (Wildman–Crippen MR) is 58.4 cm³/mol. The van der Waals surface area contributed by atoms with E-state index in [1.807, 2.05) is 26.0 Å². The zero-order valence-electron chi connectivity index (χ0n) is 9.24. The van der Waals surface area contributed by atoms with E-state index >= 15 is 0 Å². The average molecular weight is 216 g/mol. The Morgan fingerprint density at radius 2 is 1.94 bits per heavy atom. The van der Waals surface area contributed by atoms with Gasteiger partial charge in [0.15, 0.2) is 11.5 Å². The van der Waals surface area contributed by atoms with Crippen molar-refractivity contribution in [2.24, 2.45) is 0 Å². The van der Waals surface area contributed by atoms with Crippen molar-refractivity contribution in [3.63, 3.8) is 0 Å². The first-order valence-electron chi connectivity index (χ1n) is 5.20. The van der Waals surface area contributed by atoms with Crippen LogP contribution in [0.3, 0.4) is 0 Å². The zero-order chi connectivity index (χ0) is 11.3. The van der Waals surface area contributed by atoms with Crippen molar-refractivity contribution in [3.05, 3.63) is 23.3 Å². The lowest BCUT2D eigenvalue weighted by molar-refractivity contribution is 0.174. The van der Waals surface area contributed by atoms with E-state index < -0.39 is 0 Å². The van der Waals surface area contributed by atoms with Gasteiger partial charge in [0.05, 0.1) is 5.60 Å². The highest BCUT2D eigenvalue weighted by molar-refractivity contribution is 5.55. The van der Waals surface area contributed by atoms with Crippen LogP contribution < -0.4 is 9.47 Å². The quantitative estimate of drug-likeness (QED) is 0.533. The molecule has 0 aliphatic carbocycles. The van der Waals surface area contributed by atoms with Crippen molar-refractivity contribution >= 4 is 0 Å². The topological polar surface area (TPSA) is 31.0 Å². The molecule has 3 heteroatoms. The number of rotatable bonds is 1. The summed E-state index contributed by atoms with van der Waals surface area (Å²) in [6.45, 7) is 4.35. The van der Waals surface area contributed by atoms with E-state index in [9.17, 15) is 0 Å². The van der Waals surface area contributed by atoms with Gasteiger partial charge in [0.2, 0.25) is 6.79 Å². The Bertz CT molecular complexity index is 497. The van der Waals surface area contributed by atoms with E-state index in [1.165, 1.54) is 0 Å². The minimum Gasteiger partial charge on any atom is -0.454 e. The van der Waals surface area contributed by atoms with E-state index in [-0.39, 0.29) is 18.5 Å². The molecule has 1 atom stereocenters. The highest BCUT2D eigenvalue weighted by Crippen LogP contribution is 2.51. The number of epoxide rings is 1. The molecule has 16 heavy (non-hydrogen) atoms. The Kier molecular flexibility index (Phi) is 1.75. The van der Waals surface area contributed by atoms with Gasteiger partial charge >= 0.3 is 0 Å². The van der Waals surface area contributed by atoms with Crippen LogP contribution in [0.2, 0.25) is 0 Å². The van der Waals surface area contributed by atoms with Gasteiger partial charge in [0.1, 0.15) is 6.10 Å². The summed E-state index contributed by atoms with van der Waals surface area (Å²) >= 11 is 0. The van der Waals surface area contributed by atoms with Crippen LogP contribution in [0.25, 0.3) is 0 Å². The molecule has 0 radical (unpaired) electrons. The molecule has 0 amide bonds. The van der Waals surface area contributed by atoms with Crippen molar-refractivity contribution in [2.75, 3.05) is 6.79 Å². The SMILES string of the molecule is C#Cc1cc2c(cc1C1OC1(C)C)OCO2. The van der Waals surface area contributed by atoms with Gasteiger partial charge in [-0.15, -0.1) is 6.42 Å². The molecule has 0 N–H and O–H groups in total. The Labute approximate surface area is 94.3 Å². The number of ether oxygens (including phenoxy) is 3. The summed E-state index contributed by atoms with van der Waals surface area (Å²) in [5, 5.41) is 0. The standard InChI is InChI=1S/C13H12O3/c1-4-8-5-10-11(15-7-14-10)6-9(8)12-13(2,3)16-12/h1,5-6,12H,7H2,2-3H3. The fourth-order valence-corrected chi connectivity index (χ4v) is 2.01. The lowest BCUT2D eigenvalue weighted by Crippen LogP contribution is -1.99. The van der Waals surface area contributed by atoms with Crippen molar-refractivity contribution in [2.45, 2.75) is 25.6 Å². The molecule has 2 aliphatic heterocycles. The second-order valence-electron chi connectivity index (χ2n) is 4.54. The monoisotopic (exact) mass is 216 g/mol. The van der Waals surface area contributed by atoms with Crippen LogP contribution in [0.1, 0.15) is 31.1 Å². The van der Waals surface area contributed by atoms with Crippen LogP contribution in [0, 0.1) is 12.3 Å². The summed E-state index contributed by atoms with van der Waals surface area (Å²) in [6, 6.07) is 3.77. The first-order valence-corrected chi connectivity index (χ1v) is 5.20. The fraction of sp³-hybridized carbons (Fsp3) is 0.385. The van der Waals surface area contributed by atoms with Crippen molar-refractivity contribution < 1.29 is 14.2 Å². The van der Waals surface area contributed by atoms with Crippen molar-refractivity contribution in [1.82, 2.24) is 0 Å².